The van der Waals surface area contributed by atoms with Gasteiger partial charge in [0.15, 0.2) is 0 Å². The van der Waals surface area contributed by atoms with Gasteiger partial charge in [0.1, 0.15) is 0 Å². The Kier molecular flexibility index (Phi) is 8.84. The summed E-state index contributed by atoms with van der Waals surface area (Å²) in [7, 11) is 4.05. The molecule has 0 spiro atoms. The monoisotopic (exact) mass is 314 g/mol. The number of likely N-dealkylation sites (tertiary alicyclic amines) is 1. The molecule has 22 heavy (non-hydrogen) atoms. The Morgan fingerprint density at radius 3 is 2.50 bits per heavy atom. The molecule has 128 valence electrons. The molecule has 0 bridgehead atoms. The summed E-state index contributed by atoms with van der Waals surface area (Å²) in [5.74, 6) is 0.0759. The quantitative estimate of drug-likeness (QED) is 0.629. The first-order valence-corrected chi connectivity index (χ1v) is 8.09. The van der Waals surface area contributed by atoms with E-state index in [4.69, 9.17) is 4.74 Å². The lowest BCUT2D eigenvalue weighted by Crippen LogP contribution is -2.47. The van der Waals surface area contributed by atoms with Gasteiger partial charge < -0.3 is 25.2 Å². The van der Waals surface area contributed by atoms with Crippen molar-refractivity contribution in [2.75, 3.05) is 53.4 Å². The van der Waals surface area contributed by atoms with Gasteiger partial charge >= 0.3 is 6.09 Å². The molecule has 1 aliphatic heterocycles. The Labute approximate surface area is 133 Å². The molecule has 0 aromatic heterocycles. The summed E-state index contributed by atoms with van der Waals surface area (Å²) in [5.41, 5.74) is 0. The lowest BCUT2D eigenvalue weighted by atomic mass is 10.1. The van der Waals surface area contributed by atoms with Gasteiger partial charge in [-0.25, -0.2) is 4.79 Å². The molecule has 0 saturated carbocycles. The summed E-state index contributed by atoms with van der Waals surface area (Å²) in [6, 6.07) is 0.167. The van der Waals surface area contributed by atoms with Crippen molar-refractivity contribution in [2.24, 2.45) is 0 Å². The van der Waals surface area contributed by atoms with Gasteiger partial charge in [0, 0.05) is 45.2 Å². The highest BCUT2D eigenvalue weighted by Gasteiger charge is 2.24. The molecule has 0 radical (unpaired) electrons. The summed E-state index contributed by atoms with van der Waals surface area (Å²) >= 11 is 0. The van der Waals surface area contributed by atoms with Gasteiger partial charge in [-0.15, -0.1) is 0 Å². The fourth-order valence-electron chi connectivity index (χ4n) is 2.35. The summed E-state index contributed by atoms with van der Waals surface area (Å²) < 4.78 is 4.98. The molecule has 0 unspecified atom stereocenters. The number of nitrogens with zero attached hydrogens (tertiary/aromatic N) is 2. The van der Waals surface area contributed by atoms with Crippen LogP contribution in [0.15, 0.2) is 0 Å². The SMILES string of the molecule is CCOC(=O)N1CCC(NC(=O)CCNCCN(C)C)CC1. The third kappa shape index (κ3) is 7.61. The summed E-state index contributed by atoms with van der Waals surface area (Å²) in [5, 5.41) is 6.29. The van der Waals surface area contributed by atoms with Crippen LogP contribution in [0.5, 0.6) is 0 Å². The van der Waals surface area contributed by atoms with Crippen LogP contribution in [0.2, 0.25) is 0 Å². The lowest BCUT2D eigenvalue weighted by molar-refractivity contribution is -0.121. The zero-order valence-corrected chi connectivity index (χ0v) is 14.1. The molecule has 1 heterocycles. The summed E-state index contributed by atoms with van der Waals surface area (Å²) in [6.45, 7) is 6.04. The summed E-state index contributed by atoms with van der Waals surface area (Å²) in [6.07, 6.45) is 1.82. The molecule has 2 amide bonds. The molecular weight excluding hydrogens is 284 g/mol. The Hall–Kier alpha value is -1.34. The van der Waals surface area contributed by atoms with Crippen LogP contribution >= 0.6 is 0 Å². The predicted molar refractivity (Wildman–Crippen MR) is 85.8 cm³/mol. The van der Waals surface area contributed by atoms with E-state index < -0.39 is 0 Å². The Morgan fingerprint density at radius 1 is 1.23 bits per heavy atom. The number of ether oxygens (including phenoxy) is 1. The van der Waals surface area contributed by atoms with Crippen molar-refractivity contribution in [2.45, 2.75) is 32.2 Å². The molecular formula is C15H30N4O3. The van der Waals surface area contributed by atoms with Crippen molar-refractivity contribution in [3.05, 3.63) is 0 Å². The zero-order chi connectivity index (χ0) is 16.4. The van der Waals surface area contributed by atoms with E-state index in [-0.39, 0.29) is 18.0 Å². The third-order valence-corrected chi connectivity index (χ3v) is 3.65. The van der Waals surface area contributed by atoms with Crippen molar-refractivity contribution in [3.8, 4) is 0 Å². The van der Waals surface area contributed by atoms with E-state index in [1.54, 1.807) is 11.8 Å². The van der Waals surface area contributed by atoms with Crippen LogP contribution in [0.25, 0.3) is 0 Å². The van der Waals surface area contributed by atoms with Crippen LogP contribution in [0.1, 0.15) is 26.2 Å². The van der Waals surface area contributed by atoms with Crippen molar-refractivity contribution >= 4 is 12.0 Å². The number of likely N-dealkylation sites (N-methyl/N-ethyl adjacent to an activating group) is 1. The number of carbonyl (C=O) groups excluding carboxylic acids is 2. The van der Waals surface area contributed by atoms with Crippen molar-refractivity contribution in [1.29, 1.82) is 0 Å². The third-order valence-electron chi connectivity index (χ3n) is 3.65. The molecule has 0 atom stereocenters. The predicted octanol–water partition coefficient (Wildman–Crippen LogP) is 0.265. The van der Waals surface area contributed by atoms with E-state index in [9.17, 15) is 9.59 Å². The molecule has 0 aliphatic carbocycles. The normalized spacial score (nSPS) is 15.9. The zero-order valence-electron chi connectivity index (χ0n) is 14.1. The number of hydrogen-bond acceptors (Lipinski definition) is 5. The second-order valence-electron chi connectivity index (χ2n) is 5.83. The minimum atomic E-state index is -0.252. The summed E-state index contributed by atoms with van der Waals surface area (Å²) in [4.78, 5) is 27.2. The highest BCUT2D eigenvalue weighted by molar-refractivity contribution is 5.76. The number of nitrogens with one attached hydrogen (secondary N) is 2. The molecule has 7 nitrogen and oxygen atoms in total. The number of amides is 2. The van der Waals surface area contributed by atoms with Gasteiger partial charge in [0.25, 0.3) is 0 Å². The average molecular weight is 314 g/mol. The number of carbonyl (C=O) groups is 2. The minimum Gasteiger partial charge on any atom is -0.450 e. The first-order valence-electron chi connectivity index (χ1n) is 8.09. The average Bonchev–Trinajstić information content (AvgIpc) is 2.47. The molecule has 0 aromatic rings. The smallest absolute Gasteiger partial charge is 0.409 e. The van der Waals surface area contributed by atoms with Gasteiger partial charge in [-0.1, -0.05) is 0 Å². The lowest BCUT2D eigenvalue weighted by Gasteiger charge is -2.31. The molecule has 1 saturated heterocycles. The highest BCUT2D eigenvalue weighted by atomic mass is 16.6. The van der Waals surface area contributed by atoms with Gasteiger partial charge in [-0.2, -0.15) is 0 Å². The van der Waals surface area contributed by atoms with Crippen LogP contribution < -0.4 is 10.6 Å². The second-order valence-corrected chi connectivity index (χ2v) is 5.83. The standard InChI is InChI=1S/C15H30N4O3/c1-4-22-15(21)19-10-6-13(7-11-19)17-14(20)5-8-16-9-12-18(2)3/h13,16H,4-12H2,1-3H3,(H,17,20). The second kappa shape index (κ2) is 10.4. The van der Waals surface area contributed by atoms with E-state index in [0.717, 1.165) is 25.9 Å². The van der Waals surface area contributed by atoms with E-state index >= 15 is 0 Å². The molecule has 1 fully saturated rings. The van der Waals surface area contributed by atoms with Gasteiger partial charge in [-0.05, 0) is 33.9 Å². The van der Waals surface area contributed by atoms with Crippen LogP contribution in [0.3, 0.4) is 0 Å². The van der Waals surface area contributed by atoms with Gasteiger partial charge in [0.05, 0.1) is 6.61 Å². The Balaban J connectivity index is 2.10. The topological polar surface area (TPSA) is 73.9 Å². The highest BCUT2D eigenvalue weighted by Crippen LogP contribution is 2.11. The van der Waals surface area contributed by atoms with E-state index in [0.29, 0.717) is 32.7 Å². The minimum absolute atomic E-state index is 0.0759. The molecule has 1 rings (SSSR count). The molecule has 0 aromatic carbocycles. The fraction of sp³-hybridized carbons (Fsp3) is 0.867. The van der Waals surface area contributed by atoms with Gasteiger partial charge in [-0.3, -0.25) is 4.79 Å². The van der Waals surface area contributed by atoms with Crippen molar-refractivity contribution < 1.29 is 14.3 Å². The molecule has 2 N–H and O–H groups in total. The van der Waals surface area contributed by atoms with Gasteiger partial charge in [0.2, 0.25) is 5.91 Å². The largest absolute Gasteiger partial charge is 0.450 e. The van der Waals surface area contributed by atoms with E-state index in [1.807, 2.05) is 14.1 Å². The maximum absolute atomic E-state index is 11.9. The first-order chi connectivity index (χ1) is 10.5. The molecule has 1 aliphatic rings. The van der Waals surface area contributed by atoms with E-state index in [1.165, 1.54) is 0 Å². The number of hydrogen-bond donors (Lipinski definition) is 2. The number of piperidine rings is 1. The van der Waals surface area contributed by atoms with Crippen LogP contribution in [0.4, 0.5) is 4.79 Å². The van der Waals surface area contributed by atoms with E-state index in [2.05, 4.69) is 15.5 Å². The Morgan fingerprint density at radius 2 is 1.91 bits per heavy atom. The Bertz CT molecular complexity index is 342. The van der Waals surface area contributed by atoms with Crippen molar-refractivity contribution in [3.63, 3.8) is 0 Å². The first kappa shape index (κ1) is 18.7. The fourth-order valence-corrected chi connectivity index (χ4v) is 2.35. The maximum Gasteiger partial charge on any atom is 0.409 e. The van der Waals surface area contributed by atoms with Crippen LogP contribution in [0, 0.1) is 0 Å². The van der Waals surface area contributed by atoms with Crippen LogP contribution in [-0.4, -0.2) is 81.3 Å². The van der Waals surface area contributed by atoms with Crippen LogP contribution in [-0.2, 0) is 9.53 Å². The van der Waals surface area contributed by atoms with Crippen molar-refractivity contribution in [1.82, 2.24) is 20.4 Å². The molecule has 7 heteroatoms. The maximum atomic E-state index is 11.9. The number of rotatable bonds is 8.